The number of aromatic amines is 1. The number of hydrazone groups is 1. The number of hydrogen-bond acceptors (Lipinski definition) is 2. The first-order valence-electron chi connectivity index (χ1n) is 4.03. The summed E-state index contributed by atoms with van der Waals surface area (Å²) >= 11 is 4.90. The molecule has 1 aromatic rings. The summed E-state index contributed by atoms with van der Waals surface area (Å²) in [5.41, 5.74) is 3.63. The normalized spacial score (nSPS) is 10.2. The smallest absolute Gasteiger partial charge is 0.186 e. The highest BCUT2D eigenvalue weighted by molar-refractivity contribution is 7.80. The van der Waals surface area contributed by atoms with Crippen molar-refractivity contribution < 1.29 is 0 Å². The van der Waals surface area contributed by atoms with Gasteiger partial charge in [-0.2, -0.15) is 5.10 Å². The van der Waals surface area contributed by atoms with E-state index in [9.17, 15) is 0 Å². The second-order valence-corrected chi connectivity index (χ2v) is 2.76. The number of nitrogens with zero attached hydrogens (tertiary/aromatic N) is 1. The van der Waals surface area contributed by atoms with Crippen LogP contribution in [0.2, 0.25) is 0 Å². The maximum Gasteiger partial charge on any atom is 0.186 e. The molecule has 0 radical (unpaired) electrons. The van der Waals surface area contributed by atoms with Gasteiger partial charge in [-0.1, -0.05) is 0 Å². The third-order valence-electron chi connectivity index (χ3n) is 1.33. The zero-order chi connectivity index (χ0) is 9.52. The van der Waals surface area contributed by atoms with Crippen LogP contribution in [0, 0.1) is 0 Å². The summed E-state index contributed by atoms with van der Waals surface area (Å²) in [6.07, 6.45) is 3.51. The number of nitrogens with one attached hydrogen (secondary N) is 3. The van der Waals surface area contributed by atoms with E-state index in [1.54, 1.807) is 6.21 Å². The Morgan fingerprint density at radius 1 is 1.77 bits per heavy atom. The van der Waals surface area contributed by atoms with Gasteiger partial charge in [0, 0.05) is 12.7 Å². The second kappa shape index (κ2) is 5.31. The minimum atomic E-state index is 0.533. The highest BCUT2D eigenvalue weighted by Crippen LogP contribution is 1.87. The third-order valence-corrected chi connectivity index (χ3v) is 1.56. The van der Waals surface area contributed by atoms with Crippen molar-refractivity contribution in [2.75, 3.05) is 6.54 Å². The van der Waals surface area contributed by atoms with Gasteiger partial charge in [0.25, 0.3) is 0 Å². The monoisotopic (exact) mass is 196 g/mol. The van der Waals surface area contributed by atoms with Crippen LogP contribution in [0.15, 0.2) is 23.4 Å². The van der Waals surface area contributed by atoms with Crippen molar-refractivity contribution in [2.45, 2.75) is 6.92 Å². The summed E-state index contributed by atoms with van der Waals surface area (Å²) in [7, 11) is 0. The molecule has 0 bridgehead atoms. The zero-order valence-corrected chi connectivity index (χ0v) is 8.19. The average Bonchev–Trinajstić information content (AvgIpc) is 2.57. The van der Waals surface area contributed by atoms with E-state index in [1.807, 2.05) is 25.3 Å². The van der Waals surface area contributed by atoms with Crippen molar-refractivity contribution in [3.63, 3.8) is 0 Å². The summed E-state index contributed by atoms with van der Waals surface area (Å²) in [6, 6.07) is 3.82. The van der Waals surface area contributed by atoms with Crippen LogP contribution in [0.4, 0.5) is 0 Å². The zero-order valence-electron chi connectivity index (χ0n) is 7.37. The van der Waals surface area contributed by atoms with Gasteiger partial charge in [-0.3, -0.25) is 5.43 Å². The lowest BCUT2D eigenvalue weighted by Gasteiger charge is -2.01. The molecule has 1 heterocycles. The largest absolute Gasteiger partial charge is 0.362 e. The molecule has 0 saturated carbocycles. The molecule has 13 heavy (non-hydrogen) atoms. The number of hydrogen-bond donors (Lipinski definition) is 3. The second-order valence-electron chi connectivity index (χ2n) is 2.35. The van der Waals surface area contributed by atoms with Crippen molar-refractivity contribution in [3.8, 4) is 0 Å². The fourth-order valence-corrected chi connectivity index (χ4v) is 0.982. The lowest BCUT2D eigenvalue weighted by molar-refractivity contribution is 0.904. The molecule has 0 aliphatic carbocycles. The van der Waals surface area contributed by atoms with Crippen LogP contribution in [0.5, 0.6) is 0 Å². The molecule has 4 nitrogen and oxygen atoms in total. The van der Waals surface area contributed by atoms with E-state index in [1.165, 1.54) is 0 Å². The molecule has 0 atom stereocenters. The van der Waals surface area contributed by atoms with Gasteiger partial charge in [0.15, 0.2) is 5.11 Å². The first-order chi connectivity index (χ1) is 6.33. The molecule has 0 saturated heterocycles. The number of aromatic nitrogens is 1. The minimum absolute atomic E-state index is 0.533. The van der Waals surface area contributed by atoms with Crippen LogP contribution in [-0.2, 0) is 0 Å². The standard InChI is InChI=1S/C8H12N4S/c1-2-9-8(13)12-11-6-7-4-3-5-10-7/h3-6,10H,2H2,1H3,(H2,9,12,13). The predicted octanol–water partition coefficient (Wildman–Crippen LogP) is 0.833. The Labute approximate surface area is 82.4 Å². The van der Waals surface area contributed by atoms with E-state index < -0.39 is 0 Å². The lowest BCUT2D eigenvalue weighted by atomic mass is 10.5. The minimum Gasteiger partial charge on any atom is -0.362 e. The molecule has 0 spiro atoms. The lowest BCUT2D eigenvalue weighted by Crippen LogP contribution is -2.31. The Kier molecular flexibility index (Phi) is 3.98. The summed E-state index contributed by atoms with van der Waals surface area (Å²) in [4.78, 5) is 2.99. The molecule has 0 aromatic carbocycles. The van der Waals surface area contributed by atoms with Gasteiger partial charge >= 0.3 is 0 Å². The fourth-order valence-electron chi connectivity index (χ4n) is 0.785. The van der Waals surface area contributed by atoms with Crippen molar-refractivity contribution in [1.29, 1.82) is 0 Å². The fraction of sp³-hybridized carbons (Fsp3) is 0.250. The average molecular weight is 196 g/mol. The van der Waals surface area contributed by atoms with Gasteiger partial charge in [-0.05, 0) is 31.3 Å². The van der Waals surface area contributed by atoms with E-state index in [2.05, 4.69) is 20.8 Å². The van der Waals surface area contributed by atoms with Gasteiger partial charge in [-0.15, -0.1) is 0 Å². The van der Waals surface area contributed by atoms with Crippen LogP contribution < -0.4 is 10.7 Å². The van der Waals surface area contributed by atoms with E-state index in [0.29, 0.717) is 5.11 Å². The Balaban J connectivity index is 2.30. The quantitative estimate of drug-likeness (QED) is 0.381. The van der Waals surface area contributed by atoms with Crippen molar-refractivity contribution in [1.82, 2.24) is 15.7 Å². The van der Waals surface area contributed by atoms with Gasteiger partial charge in [0.2, 0.25) is 0 Å². The van der Waals surface area contributed by atoms with Crippen molar-refractivity contribution in [3.05, 3.63) is 24.0 Å². The number of H-pyrrole nitrogens is 1. The van der Waals surface area contributed by atoms with E-state index >= 15 is 0 Å². The Morgan fingerprint density at radius 2 is 2.62 bits per heavy atom. The molecule has 5 heteroatoms. The van der Waals surface area contributed by atoms with Crippen LogP contribution in [0.1, 0.15) is 12.6 Å². The van der Waals surface area contributed by atoms with E-state index in [-0.39, 0.29) is 0 Å². The SMILES string of the molecule is CCNC(=S)NN=Cc1ccc[nH]1. The Bertz CT molecular complexity index is 278. The van der Waals surface area contributed by atoms with Crippen LogP contribution in [0.25, 0.3) is 0 Å². The molecule has 1 aromatic heterocycles. The number of thiocarbonyl (C=S) groups is 1. The number of rotatable bonds is 3. The first-order valence-corrected chi connectivity index (χ1v) is 4.44. The van der Waals surface area contributed by atoms with Crippen LogP contribution in [0.3, 0.4) is 0 Å². The highest BCUT2D eigenvalue weighted by atomic mass is 32.1. The van der Waals surface area contributed by atoms with Crippen molar-refractivity contribution >= 4 is 23.5 Å². The molecule has 3 N–H and O–H groups in total. The predicted molar refractivity (Wildman–Crippen MR) is 57.8 cm³/mol. The van der Waals surface area contributed by atoms with Gasteiger partial charge < -0.3 is 10.3 Å². The Morgan fingerprint density at radius 3 is 3.23 bits per heavy atom. The topological polar surface area (TPSA) is 52.2 Å². The van der Waals surface area contributed by atoms with E-state index in [4.69, 9.17) is 12.2 Å². The first kappa shape index (κ1) is 9.73. The van der Waals surface area contributed by atoms with Crippen LogP contribution >= 0.6 is 12.2 Å². The molecule has 0 amide bonds. The summed E-state index contributed by atoms with van der Waals surface area (Å²) in [5.74, 6) is 0. The third kappa shape index (κ3) is 3.71. The van der Waals surface area contributed by atoms with Crippen LogP contribution in [-0.4, -0.2) is 22.9 Å². The summed E-state index contributed by atoms with van der Waals surface area (Å²) in [5, 5.41) is 7.38. The Hall–Kier alpha value is -1.36. The van der Waals surface area contributed by atoms with Gasteiger partial charge in [0.05, 0.1) is 11.9 Å². The summed E-state index contributed by atoms with van der Waals surface area (Å²) < 4.78 is 0. The molecule has 0 aliphatic rings. The van der Waals surface area contributed by atoms with Gasteiger partial charge in [0.1, 0.15) is 0 Å². The molecule has 0 aliphatic heterocycles. The molecule has 0 fully saturated rings. The molecular formula is C8H12N4S. The molecule has 70 valence electrons. The summed E-state index contributed by atoms with van der Waals surface area (Å²) in [6.45, 7) is 2.77. The van der Waals surface area contributed by atoms with E-state index in [0.717, 1.165) is 12.2 Å². The molecule has 1 rings (SSSR count). The highest BCUT2D eigenvalue weighted by Gasteiger charge is 1.88. The van der Waals surface area contributed by atoms with Gasteiger partial charge in [-0.25, -0.2) is 0 Å². The maximum atomic E-state index is 4.90. The van der Waals surface area contributed by atoms with Crippen molar-refractivity contribution in [2.24, 2.45) is 5.10 Å². The molecule has 0 unspecified atom stereocenters. The molecular weight excluding hydrogens is 184 g/mol. The maximum absolute atomic E-state index is 4.90.